The van der Waals surface area contributed by atoms with Crippen LogP contribution in [0.5, 0.6) is 5.75 Å². The number of rotatable bonds is 8. The molecule has 1 unspecified atom stereocenters. The molecule has 0 bridgehead atoms. The summed E-state index contributed by atoms with van der Waals surface area (Å²) in [6.07, 6.45) is 4.17. The monoisotopic (exact) mass is 385 g/mol. The number of para-hydroxylation sites is 1. The molecule has 0 aliphatic rings. The van der Waals surface area contributed by atoms with E-state index in [1.807, 2.05) is 34.9 Å². The van der Waals surface area contributed by atoms with Crippen molar-refractivity contribution in [3.8, 4) is 5.75 Å². The lowest BCUT2D eigenvalue weighted by atomic mass is 10.0. The molecule has 0 N–H and O–H groups in total. The van der Waals surface area contributed by atoms with Crippen LogP contribution in [0.25, 0.3) is 10.9 Å². The van der Waals surface area contributed by atoms with E-state index in [-0.39, 0.29) is 5.97 Å². The molecule has 142 valence electrons. The summed E-state index contributed by atoms with van der Waals surface area (Å²) in [6, 6.07) is 15.8. The molecule has 1 aromatic heterocycles. The van der Waals surface area contributed by atoms with E-state index in [2.05, 4.69) is 24.4 Å². The van der Waals surface area contributed by atoms with Crippen LogP contribution < -0.4 is 4.74 Å². The van der Waals surface area contributed by atoms with Crippen LogP contribution >= 0.6 is 11.6 Å². The minimum Gasteiger partial charge on any atom is -0.495 e. The Balaban J connectivity index is 2.14. The van der Waals surface area contributed by atoms with Crippen molar-refractivity contribution < 1.29 is 14.3 Å². The zero-order chi connectivity index (χ0) is 19.2. The molecule has 0 spiro atoms. The van der Waals surface area contributed by atoms with Gasteiger partial charge >= 0.3 is 5.97 Å². The summed E-state index contributed by atoms with van der Waals surface area (Å²) >= 11 is 5.88. The Morgan fingerprint density at radius 1 is 1.11 bits per heavy atom. The maximum absolute atomic E-state index is 12.5. The van der Waals surface area contributed by atoms with Crippen LogP contribution in [0.15, 0.2) is 54.7 Å². The minimum atomic E-state index is -0.433. The number of carbonyl (C=O) groups is 1. The van der Waals surface area contributed by atoms with Gasteiger partial charge in [0.2, 0.25) is 0 Å². The highest BCUT2D eigenvalue weighted by molar-refractivity contribution is 6.17. The fourth-order valence-corrected chi connectivity index (χ4v) is 3.65. The van der Waals surface area contributed by atoms with Gasteiger partial charge in [0.05, 0.1) is 19.7 Å². The minimum absolute atomic E-state index is 0.269. The molecule has 0 saturated heterocycles. The summed E-state index contributed by atoms with van der Waals surface area (Å²) in [4.78, 5) is 12.5. The molecule has 27 heavy (non-hydrogen) atoms. The fraction of sp³-hybridized carbons (Fsp3) is 0.318. The van der Waals surface area contributed by atoms with E-state index in [1.165, 1.54) is 12.7 Å². The molecule has 3 aromatic rings. The molecule has 0 saturated carbocycles. The molecule has 1 atom stereocenters. The van der Waals surface area contributed by atoms with Gasteiger partial charge in [-0.2, -0.15) is 0 Å². The first-order valence-corrected chi connectivity index (χ1v) is 9.57. The maximum Gasteiger partial charge on any atom is 0.328 e. The van der Waals surface area contributed by atoms with E-state index in [4.69, 9.17) is 21.1 Å². The Morgan fingerprint density at radius 3 is 2.56 bits per heavy atom. The lowest BCUT2D eigenvalue weighted by Gasteiger charge is -2.18. The highest BCUT2D eigenvalue weighted by Crippen LogP contribution is 2.35. The van der Waals surface area contributed by atoms with E-state index in [9.17, 15) is 4.79 Å². The van der Waals surface area contributed by atoms with Crippen LogP contribution in [0.1, 0.15) is 30.0 Å². The summed E-state index contributed by atoms with van der Waals surface area (Å²) in [6.45, 7) is 0. The van der Waals surface area contributed by atoms with Gasteiger partial charge in [-0.1, -0.05) is 42.5 Å². The van der Waals surface area contributed by atoms with Crippen LogP contribution in [-0.2, 0) is 16.0 Å². The van der Waals surface area contributed by atoms with Gasteiger partial charge in [-0.25, -0.2) is 4.79 Å². The molecule has 0 amide bonds. The van der Waals surface area contributed by atoms with Crippen molar-refractivity contribution in [1.29, 1.82) is 0 Å². The number of carbonyl (C=O) groups excluding carboxylic acids is 1. The van der Waals surface area contributed by atoms with E-state index in [1.54, 1.807) is 7.11 Å². The van der Waals surface area contributed by atoms with Gasteiger partial charge < -0.3 is 14.0 Å². The number of hydrogen-bond donors (Lipinski definition) is 0. The number of methoxy groups -OCH3 is 2. The summed E-state index contributed by atoms with van der Waals surface area (Å²) in [5.74, 6) is 0.974. The third kappa shape index (κ3) is 4.11. The first kappa shape index (κ1) is 19.3. The molecule has 0 aliphatic carbocycles. The largest absolute Gasteiger partial charge is 0.495 e. The molecule has 0 radical (unpaired) electrons. The van der Waals surface area contributed by atoms with Crippen molar-refractivity contribution in [1.82, 2.24) is 4.57 Å². The van der Waals surface area contributed by atoms with Crippen molar-refractivity contribution in [3.05, 3.63) is 65.9 Å². The average Bonchev–Trinajstić information content (AvgIpc) is 3.07. The van der Waals surface area contributed by atoms with Gasteiger partial charge in [0, 0.05) is 17.5 Å². The van der Waals surface area contributed by atoms with Gasteiger partial charge in [-0.15, -0.1) is 11.6 Å². The van der Waals surface area contributed by atoms with Crippen molar-refractivity contribution in [2.75, 3.05) is 20.1 Å². The van der Waals surface area contributed by atoms with Crippen LogP contribution in [0.4, 0.5) is 0 Å². The lowest BCUT2D eigenvalue weighted by molar-refractivity contribution is -0.144. The Morgan fingerprint density at radius 2 is 1.89 bits per heavy atom. The van der Waals surface area contributed by atoms with Crippen LogP contribution in [0.3, 0.4) is 0 Å². The summed E-state index contributed by atoms with van der Waals surface area (Å²) in [7, 11) is 3.07. The SMILES string of the molecule is COC(=O)C(CCCCl)n1cc(Cc2ccccc2)c2cccc(OC)c21. The van der Waals surface area contributed by atoms with Crippen LogP contribution in [-0.4, -0.2) is 30.6 Å². The number of hydrogen-bond acceptors (Lipinski definition) is 3. The Hall–Kier alpha value is -2.46. The second-order valence-electron chi connectivity index (χ2n) is 6.45. The number of esters is 1. The van der Waals surface area contributed by atoms with Crippen LogP contribution in [0, 0.1) is 0 Å². The number of nitrogens with zero attached hydrogens (tertiary/aromatic N) is 1. The van der Waals surface area contributed by atoms with Gasteiger partial charge in [-0.3, -0.25) is 0 Å². The zero-order valence-corrected chi connectivity index (χ0v) is 16.4. The van der Waals surface area contributed by atoms with E-state index < -0.39 is 6.04 Å². The van der Waals surface area contributed by atoms with E-state index in [0.29, 0.717) is 12.3 Å². The summed E-state index contributed by atoms with van der Waals surface area (Å²) < 4.78 is 12.7. The van der Waals surface area contributed by atoms with Crippen molar-refractivity contribution in [2.45, 2.75) is 25.3 Å². The molecular weight excluding hydrogens is 362 g/mol. The molecule has 0 fully saturated rings. The first-order chi connectivity index (χ1) is 13.2. The Labute approximate surface area is 164 Å². The fourth-order valence-electron chi connectivity index (χ4n) is 3.49. The quantitative estimate of drug-likeness (QED) is 0.406. The number of halogens is 1. The maximum atomic E-state index is 12.5. The number of aromatic nitrogens is 1. The Kier molecular flexibility index (Phi) is 6.40. The predicted octanol–water partition coefficient (Wildman–Crippen LogP) is 4.97. The second-order valence-corrected chi connectivity index (χ2v) is 6.83. The molecule has 4 nitrogen and oxygen atoms in total. The lowest BCUT2D eigenvalue weighted by Crippen LogP contribution is -2.20. The number of fused-ring (bicyclic) bond motifs is 1. The van der Waals surface area contributed by atoms with E-state index in [0.717, 1.165) is 35.1 Å². The number of alkyl halides is 1. The normalized spacial score (nSPS) is 12.1. The van der Waals surface area contributed by atoms with Crippen molar-refractivity contribution >= 4 is 28.5 Å². The van der Waals surface area contributed by atoms with Gasteiger partial charge in [0.1, 0.15) is 11.8 Å². The summed E-state index contributed by atoms with van der Waals surface area (Å²) in [5, 5.41) is 1.08. The molecule has 5 heteroatoms. The second kappa shape index (κ2) is 8.96. The number of ether oxygens (including phenoxy) is 2. The third-order valence-electron chi connectivity index (χ3n) is 4.78. The standard InChI is InChI=1S/C22H24ClNO3/c1-26-20-12-6-10-18-17(14-16-8-4-3-5-9-16)15-24(21(18)20)19(11-7-13-23)22(25)27-2/h3-6,8-10,12,15,19H,7,11,13-14H2,1-2H3. The number of benzene rings is 2. The predicted molar refractivity (Wildman–Crippen MR) is 109 cm³/mol. The Bertz CT molecular complexity index is 905. The highest BCUT2D eigenvalue weighted by atomic mass is 35.5. The first-order valence-electron chi connectivity index (χ1n) is 9.03. The van der Waals surface area contributed by atoms with E-state index >= 15 is 0 Å². The molecule has 1 heterocycles. The van der Waals surface area contributed by atoms with Crippen LogP contribution in [0.2, 0.25) is 0 Å². The molecule has 2 aromatic carbocycles. The molecular formula is C22H24ClNO3. The molecule has 0 aliphatic heterocycles. The molecule has 3 rings (SSSR count). The van der Waals surface area contributed by atoms with Crippen molar-refractivity contribution in [3.63, 3.8) is 0 Å². The smallest absolute Gasteiger partial charge is 0.328 e. The van der Waals surface area contributed by atoms with Gasteiger partial charge in [0.15, 0.2) is 0 Å². The highest BCUT2D eigenvalue weighted by Gasteiger charge is 2.25. The zero-order valence-electron chi connectivity index (χ0n) is 15.7. The van der Waals surface area contributed by atoms with Crippen molar-refractivity contribution in [2.24, 2.45) is 0 Å². The average molecular weight is 386 g/mol. The van der Waals surface area contributed by atoms with Gasteiger partial charge in [-0.05, 0) is 36.5 Å². The topological polar surface area (TPSA) is 40.5 Å². The third-order valence-corrected chi connectivity index (χ3v) is 5.04. The van der Waals surface area contributed by atoms with Gasteiger partial charge in [0.25, 0.3) is 0 Å². The summed E-state index contributed by atoms with van der Waals surface area (Å²) in [5.41, 5.74) is 3.28.